The van der Waals surface area contributed by atoms with Crippen LogP contribution >= 0.6 is 12.2 Å². The van der Waals surface area contributed by atoms with Gasteiger partial charge in [-0.15, -0.1) is 0 Å². The Morgan fingerprint density at radius 1 is 1.31 bits per heavy atom. The molecule has 2 aromatic rings. The molecule has 1 aromatic heterocycles. The second-order valence-electron chi connectivity index (χ2n) is 6.76. The molecule has 3 rings (SSSR count). The van der Waals surface area contributed by atoms with Crippen molar-refractivity contribution in [3.63, 3.8) is 0 Å². The number of hydrogen-bond donors (Lipinski definition) is 2. The molecule has 138 valence electrons. The Labute approximate surface area is 160 Å². The molecule has 2 heterocycles. The van der Waals surface area contributed by atoms with E-state index in [0.717, 1.165) is 37.2 Å². The zero-order chi connectivity index (χ0) is 18.5. The topological polar surface area (TPSA) is 50.6 Å². The van der Waals surface area contributed by atoms with Gasteiger partial charge in [-0.25, -0.2) is 0 Å². The molecule has 0 radical (unpaired) electrons. The summed E-state index contributed by atoms with van der Waals surface area (Å²) < 4.78 is 8.07. The highest BCUT2D eigenvalue weighted by atomic mass is 32.1. The molecular weight excluding hydrogens is 344 g/mol. The number of anilines is 1. The molecule has 0 amide bonds. The van der Waals surface area contributed by atoms with E-state index in [4.69, 9.17) is 17.0 Å². The van der Waals surface area contributed by atoms with Crippen molar-refractivity contribution in [2.45, 2.75) is 46.3 Å². The Hall–Kier alpha value is -2.18. The number of nitrogens with zero attached hydrogens (tertiary/aromatic N) is 2. The zero-order valence-electron chi connectivity index (χ0n) is 15.6. The summed E-state index contributed by atoms with van der Waals surface area (Å²) >= 11 is 5.29. The summed E-state index contributed by atoms with van der Waals surface area (Å²) in [6, 6.07) is 10.2. The fourth-order valence-corrected chi connectivity index (χ4v) is 3.36. The second kappa shape index (κ2) is 8.47. The monoisotopic (exact) mass is 370 g/mol. The minimum Gasteiger partial charge on any atom is -0.376 e. The van der Waals surface area contributed by atoms with Crippen molar-refractivity contribution >= 4 is 29.2 Å². The van der Waals surface area contributed by atoms with Crippen LogP contribution in [-0.2, 0) is 11.3 Å². The molecule has 0 bridgehead atoms. The van der Waals surface area contributed by atoms with E-state index in [1.54, 1.807) is 0 Å². The van der Waals surface area contributed by atoms with E-state index in [2.05, 4.69) is 47.2 Å². The van der Waals surface area contributed by atoms with Crippen LogP contribution in [0.25, 0.3) is 0 Å². The van der Waals surface area contributed by atoms with Gasteiger partial charge in [-0.2, -0.15) is 5.10 Å². The van der Waals surface area contributed by atoms with E-state index in [1.807, 2.05) is 30.5 Å². The van der Waals surface area contributed by atoms with Crippen LogP contribution in [0.1, 0.15) is 35.4 Å². The van der Waals surface area contributed by atoms with Gasteiger partial charge in [-0.05, 0) is 64.0 Å². The number of hydrazone groups is 1. The quantitative estimate of drug-likeness (QED) is 0.476. The average molecular weight is 371 g/mol. The number of nitrogens with one attached hydrogen (secondary N) is 2. The molecule has 1 aliphatic rings. The maximum atomic E-state index is 5.76. The Kier molecular flexibility index (Phi) is 6.06. The average Bonchev–Trinajstić information content (AvgIpc) is 3.21. The van der Waals surface area contributed by atoms with E-state index in [0.29, 0.717) is 11.2 Å². The predicted octanol–water partition coefficient (Wildman–Crippen LogP) is 3.91. The van der Waals surface area contributed by atoms with Gasteiger partial charge in [0.05, 0.1) is 12.3 Å². The third kappa shape index (κ3) is 4.71. The van der Waals surface area contributed by atoms with E-state index in [9.17, 15) is 0 Å². The Bertz CT molecular complexity index is 789. The Morgan fingerprint density at radius 2 is 2.08 bits per heavy atom. The van der Waals surface area contributed by atoms with Gasteiger partial charge in [0.15, 0.2) is 5.11 Å². The number of aryl methyl sites for hydroxylation is 2. The number of ether oxygens (including phenoxy) is 1. The van der Waals surface area contributed by atoms with Gasteiger partial charge in [0.1, 0.15) is 0 Å². The standard InChI is InChI=1S/C20H26N4OS/c1-14-6-8-18(9-7-14)22-20(26)23-21-12-17-11-15(2)24(16(17)3)13-19-5-4-10-25-19/h6-9,11-12,19H,4-5,10,13H2,1-3H3,(H2,22,23,26)/b21-12-/t19-/m0/s1. The van der Waals surface area contributed by atoms with Gasteiger partial charge in [0, 0.05) is 35.8 Å². The molecule has 1 atom stereocenters. The molecule has 1 saturated heterocycles. The van der Waals surface area contributed by atoms with Gasteiger partial charge in [0.2, 0.25) is 0 Å². The largest absolute Gasteiger partial charge is 0.376 e. The molecule has 26 heavy (non-hydrogen) atoms. The number of hydrogen-bond acceptors (Lipinski definition) is 3. The Balaban J connectivity index is 1.57. The molecule has 0 spiro atoms. The molecule has 5 nitrogen and oxygen atoms in total. The smallest absolute Gasteiger partial charge is 0.191 e. The summed E-state index contributed by atoms with van der Waals surface area (Å²) in [6.45, 7) is 8.09. The van der Waals surface area contributed by atoms with Crippen LogP contribution in [-0.4, -0.2) is 28.6 Å². The lowest BCUT2D eigenvalue weighted by Gasteiger charge is -2.14. The van der Waals surface area contributed by atoms with Gasteiger partial charge in [0.25, 0.3) is 0 Å². The summed E-state index contributed by atoms with van der Waals surface area (Å²) in [4.78, 5) is 0. The highest BCUT2D eigenvalue weighted by molar-refractivity contribution is 7.80. The van der Waals surface area contributed by atoms with Crippen molar-refractivity contribution in [1.82, 2.24) is 9.99 Å². The lowest BCUT2D eigenvalue weighted by molar-refractivity contribution is 0.0962. The molecule has 1 aromatic carbocycles. The van der Waals surface area contributed by atoms with E-state index >= 15 is 0 Å². The van der Waals surface area contributed by atoms with Crippen molar-refractivity contribution in [3.05, 3.63) is 52.8 Å². The molecular formula is C20H26N4OS. The normalized spacial score (nSPS) is 17.0. The molecule has 1 fully saturated rings. The summed E-state index contributed by atoms with van der Waals surface area (Å²) in [6.07, 6.45) is 4.44. The number of rotatable bonds is 5. The van der Waals surface area contributed by atoms with Crippen molar-refractivity contribution in [1.29, 1.82) is 0 Å². The van der Waals surface area contributed by atoms with Crippen LogP contribution < -0.4 is 10.7 Å². The van der Waals surface area contributed by atoms with Crippen LogP contribution in [0, 0.1) is 20.8 Å². The lowest BCUT2D eigenvalue weighted by atomic mass is 10.2. The third-order valence-electron chi connectivity index (χ3n) is 4.70. The minimum atomic E-state index is 0.328. The SMILES string of the molecule is Cc1ccc(NC(=S)N/N=C\c2cc(C)n(C[C@@H]3CCCO3)c2C)cc1. The summed E-state index contributed by atoms with van der Waals surface area (Å²) in [7, 11) is 0. The fraction of sp³-hybridized carbons (Fsp3) is 0.400. The minimum absolute atomic E-state index is 0.328. The molecule has 2 N–H and O–H groups in total. The summed E-state index contributed by atoms with van der Waals surface area (Å²) in [5.74, 6) is 0. The van der Waals surface area contributed by atoms with E-state index < -0.39 is 0 Å². The first kappa shape index (κ1) is 18.6. The first-order chi connectivity index (χ1) is 12.5. The van der Waals surface area contributed by atoms with Crippen molar-refractivity contribution < 1.29 is 4.74 Å². The van der Waals surface area contributed by atoms with Crippen LogP contribution in [0.5, 0.6) is 0 Å². The maximum absolute atomic E-state index is 5.76. The molecule has 0 unspecified atom stereocenters. The van der Waals surface area contributed by atoms with Gasteiger partial charge >= 0.3 is 0 Å². The van der Waals surface area contributed by atoms with Crippen LogP contribution in [0.15, 0.2) is 35.4 Å². The van der Waals surface area contributed by atoms with E-state index in [-0.39, 0.29) is 0 Å². The highest BCUT2D eigenvalue weighted by Gasteiger charge is 2.18. The van der Waals surface area contributed by atoms with Crippen LogP contribution in [0.3, 0.4) is 0 Å². The zero-order valence-corrected chi connectivity index (χ0v) is 16.4. The Morgan fingerprint density at radius 3 is 2.77 bits per heavy atom. The van der Waals surface area contributed by atoms with Crippen LogP contribution in [0.4, 0.5) is 5.69 Å². The van der Waals surface area contributed by atoms with Crippen LogP contribution in [0.2, 0.25) is 0 Å². The third-order valence-corrected chi connectivity index (χ3v) is 4.90. The molecule has 0 aliphatic carbocycles. The fourth-order valence-electron chi connectivity index (χ4n) is 3.19. The van der Waals surface area contributed by atoms with Crippen molar-refractivity contribution in [2.75, 3.05) is 11.9 Å². The van der Waals surface area contributed by atoms with Crippen molar-refractivity contribution in [3.8, 4) is 0 Å². The highest BCUT2D eigenvalue weighted by Crippen LogP contribution is 2.19. The molecule has 6 heteroatoms. The summed E-state index contributed by atoms with van der Waals surface area (Å²) in [5.41, 5.74) is 8.54. The second-order valence-corrected chi connectivity index (χ2v) is 7.17. The first-order valence-electron chi connectivity index (χ1n) is 8.98. The number of thiocarbonyl (C=S) groups is 1. The lowest BCUT2D eigenvalue weighted by Crippen LogP contribution is -2.23. The summed E-state index contributed by atoms with van der Waals surface area (Å²) in [5, 5.41) is 7.87. The van der Waals surface area contributed by atoms with Gasteiger partial charge in [-0.1, -0.05) is 17.7 Å². The maximum Gasteiger partial charge on any atom is 0.191 e. The van der Waals surface area contributed by atoms with Crippen molar-refractivity contribution in [2.24, 2.45) is 5.10 Å². The first-order valence-corrected chi connectivity index (χ1v) is 9.39. The van der Waals surface area contributed by atoms with Gasteiger partial charge < -0.3 is 14.6 Å². The molecule has 1 aliphatic heterocycles. The number of aromatic nitrogens is 1. The predicted molar refractivity (Wildman–Crippen MR) is 111 cm³/mol. The number of benzene rings is 1. The van der Waals surface area contributed by atoms with E-state index in [1.165, 1.54) is 17.0 Å². The molecule has 0 saturated carbocycles. The van der Waals surface area contributed by atoms with Gasteiger partial charge in [-0.3, -0.25) is 5.43 Å².